The molecule has 1 aliphatic heterocycles. The van der Waals surface area contributed by atoms with Gasteiger partial charge in [0, 0.05) is 28.7 Å². The molecule has 0 bridgehead atoms. The number of hydrogen-bond donors (Lipinski definition) is 3. The number of anilines is 1. The Kier molecular flexibility index (Phi) is 6.66. The number of nitrogens with zero attached hydrogens (tertiary/aromatic N) is 5. The van der Waals surface area contributed by atoms with Gasteiger partial charge in [0.2, 0.25) is 11.7 Å². The Morgan fingerprint density at radius 2 is 2.00 bits per heavy atom. The minimum atomic E-state index is -1.01. The average molecular weight is 577 g/mol. The van der Waals surface area contributed by atoms with Crippen LogP contribution in [0, 0.1) is 5.82 Å². The zero-order valence-electron chi connectivity index (χ0n) is 20.4. The lowest BCUT2D eigenvalue weighted by molar-refractivity contribution is -0.123. The van der Waals surface area contributed by atoms with Gasteiger partial charge in [-0.15, -0.1) is 0 Å². The Labute approximate surface area is 234 Å². The smallest absolute Gasteiger partial charge is 0.287 e. The molecule has 1 unspecified atom stereocenters. The fraction of sp³-hybridized carbons (Fsp3) is 0.115. The topological polar surface area (TPSA) is 144 Å². The third-order valence-electron chi connectivity index (χ3n) is 6.28. The molecular weight excluding hydrogens is 559 g/mol. The van der Waals surface area contributed by atoms with Gasteiger partial charge >= 0.3 is 0 Å². The number of benzene rings is 2. The van der Waals surface area contributed by atoms with Crippen molar-refractivity contribution in [1.29, 1.82) is 0 Å². The SMILES string of the molecule is O=C1Cn2c(C(=O)NCc3ccnnc3)nc(NC(=O)c3nsc4ccccc34)c2C(c2cc(F)ccc2Cl)N1. The van der Waals surface area contributed by atoms with Gasteiger partial charge in [0.15, 0.2) is 5.82 Å². The number of carbonyl (C=O) groups excluding carboxylic acids is 3. The summed E-state index contributed by atoms with van der Waals surface area (Å²) in [5.41, 5.74) is 1.37. The van der Waals surface area contributed by atoms with Crippen molar-refractivity contribution in [3.63, 3.8) is 0 Å². The molecule has 2 aromatic carbocycles. The van der Waals surface area contributed by atoms with E-state index in [2.05, 4.69) is 35.5 Å². The molecule has 11 nitrogen and oxygen atoms in total. The fourth-order valence-corrected chi connectivity index (χ4v) is 5.46. The molecule has 0 saturated heterocycles. The van der Waals surface area contributed by atoms with Gasteiger partial charge in [0.1, 0.15) is 18.1 Å². The van der Waals surface area contributed by atoms with Crippen LogP contribution in [0.3, 0.4) is 0 Å². The van der Waals surface area contributed by atoms with Crippen LogP contribution >= 0.6 is 23.1 Å². The van der Waals surface area contributed by atoms with E-state index in [1.54, 1.807) is 18.2 Å². The van der Waals surface area contributed by atoms with Crippen LogP contribution in [0.4, 0.5) is 10.2 Å². The monoisotopic (exact) mass is 576 g/mol. The lowest BCUT2D eigenvalue weighted by Gasteiger charge is -2.28. The minimum absolute atomic E-state index is 0.00290. The molecule has 0 fully saturated rings. The standard InChI is InChI=1S/C26H18ClFN8O3S/c27-17-6-5-14(28)9-16(17)20-22-23(34-25(38)21-15-3-1-2-4-18(15)40-35-21)33-24(36(22)12-19(37)32-20)26(39)29-10-13-7-8-30-31-11-13/h1-9,11,20H,10,12H2,(H,29,39)(H,32,37)(H,34,38). The van der Waals surface area contributed by atoms with Crippen LogP contribution in [0.1, 0.15) is 44.0 Å². The van der Waals surface area contributed by atoms with Crippen LogP contribution in [-0.4, -0.2) is 41.8 Å². The quantitative estimate of drug-likeness (QED) is 0.281. The van der Waals surface area contributed by atoms with Crippen LogP contribution in [0.25, 0.3) is 10.1 Å². The maximum Gasteiger partial charge on any atom is 0.287 e. The Bertz CT molecular complexity index is 1790. The molecule has 40 heavy (non-hydrogen) atoms. The van der Waals surface area contributed by atoms with Crippen molar-refractivity contribution in [3.05, 3.63) is 100 Å². The van der Waals surface area contributed by atoms with Crippen molar-refractivity contribution in [2.75, 3.05) is 5.32 Å². The average Bonchev–Trinajstić information content (AvgIpc) is 3.55. The van der Waals surface area contributed by atoms with Crippen molar-refractivity contribution in [3.8, 4) is 0 Å². The van der Waals surface area contributed by atoms with E-state index in [4.69, 9.17) is 11.6 Å². The van der Waals surface area contributed by atoms with E-state index in [9.17, 15) is 18.8 Å². The number of hydrogen-bond acceptors (Lipinski definition) is 8. The summed E-state index contributed by atoms with van der Waals surface area (Å²) < 4.78 is 20.8. The maximum atomic E-state index is 14.3. The van der Waals surface area contributed by atoms with Crippen LogP contribution in [0.2, 0.25) is 5.02 Å². The zero-order chi connectivity index (χ0) is 27.8. The largest absolute Gasteiger partial charge is 0.345 e. The van der Waals surface area contributed by atoms with Crippen molar-refractivity contribution in [2.45, 2.75) is 19.1 Å². The third kappa shape index (κ3) is 4.76. The molecule has 3 N–H and O–H groups in total. The highest BCUT2D eigenvalue weighted by Crippen LogP contribution is 2.36. The third-order valence-corrected chi connectivity index (χ3v) is 7.45. The van der Waals surface area contributed by atoms with Crippen LogP contribution in [0.5, 0.6) is 0 Å². The second-order valence-corrected chi connectivity index (χ2v) is 10.0. The number of amides is 3. The molecule has 0 aliphatic carbocycles. The first-order valence-electron chi connectivity index (χ1n) is 11.9. The van der Waals surface area contributed by atoms with E-state index < -0.39 is 29.6 Å². The second-order valence-electron chi connectivity index (χ2n) is 8.84. The highest BCUT2D eigenvalue weighted by Gasteiger charge is 2.36. The Hall–Kier alpha value is -4.75. The normalized spacial score (nSPS) is 14.4. The van der Waals surface area contributed by atoms with Gasteiger partial charge in [-0.3, -0.25) is 14.4 Å². The van der Waals surface area contributed by atoms with Crippen molar-refractivity contribution >= 4 is 56.8 Å². The summed E-state index contributed by atoms with van der Waals surface area (Å²) in [5.74, 6) is -2.31. The number of aromatic nitrogens is 5. The number of imidazole rings is 1. The van der Waals surface area contributed by atoms with Crippen molar-refractivity contribution < 1.29 is 18.8 Å². The number of carbonyl (C=O) groups is 3. The molecule has 3 aromatic heterocycles. The number of nitrogens with one attached hydrogen (secondary N) is 3. The Balaban J connectivity index is 1.43. The number of fused-ring (bicyclic) bond motifs is 2. The first kappa shape index (κ1) is 25.5. The van der Waals surface area contributed by atoms with E-state index in [1.165, 1.54) is 46.7 Å². The van der Waals surface area contributed by atoms with Crippen LogP contribution in [-0.2, 0) is 17.9 Å². The highest BCUT2D eigenvalue weighted by molar-refractivity contribution is 7.13. The van der Waals surface area contributed by atoms with Gasteiger partial charge in [-0.25, -0.2) is 9.37 Å². The van der Waals surface area contributed by atoms with E-state index in [0.29, 0.717) is 10.9 Å². The summed E-state index contributed by atoms with van der Waals surface area (Å²) in [4.78, 5) is 43.9. The molecule has 1 atom stereocenters. The maximum absolute atomic E-state index is 14.3. The predicted molar refractivity (Wildman–Crippen MR) is 144 cm³/mol. The van der Waals surface area contributed by atoms with E-state index >= 15 is 0 Å². The van der Waals surface area contributed by atoms with Crippen LogP contribution in [0.15, 0.2) is 60.9 Å². The molecule has 200 valence electrons. The fourth-order valence-electron chi connectivity index (χ4n) is 4.46. The molecule has 6 rings (SSSR count). The first-order valence-corrected chi connectivity index (χ1v) is 13.1. The first-order chi connectivity index (χ1) is 19.4. The number of halogens is 2. The van der Waals surface area contributed by atoms with E-state index in [1.807, 2.05) is 12.1 Å². The molecule has 0 spiro atoms. The lowest BCUT2D eigenvalue weighted by Crippen LogP contribution is -2.41. The Morgan fingerprint density at radius 1 is 1.15 bits per heavy atom. The molecular formula is C26H18ClFN8O3S. The van der Waals surface area contributed by atoms with Gasteiger partial charge in [-0.2, -0.15) is 14.6 Å². The van der Waals surface area contributed by atoms with Crippen LogP contribution < -0.4 is 16.0 Å². The van der Waals surface area contributed by atoms with Crippen molar-refractivity contribution in [2.24, 2.45) is 0 Å². The molecule has 4 heterocycles. The summed E-state index contributed by atoms with van der Waals surface area (Å²) in [6.45, 7) is -0.144. The number of rotatable bonds is 6. The summed E-state index contributed by atoms with van der Waals surface area (Å²) >= 11 is 7.57. The second kappa shape index (κ2) is 10.4. The lowest BCUT2D eigenvalue weighted by atomic mass is 10.0. The summed E-state index contributed by atoms with van der Waals surface area (Å²) in [6.07, 6.45) is 2.99. The van der Waals surface area contributed by atoms with Gasteiger partial charge in [-0.05, 0) is 47.4 Å². The molecule has 1 aliphatic rings. The molecule has 3 amide bonds. The van der Waals surface area contributed by atoms with Gasteiger partial charge in [-0.1, -0.05) is 29.8 Å². The molecule has 14 heteroatoms. The van der Waals surface area contributed by atoms with Crippen molar-refractivity contribution in [1.82, 2.24) is 34.8 Å². The minimum Gasteiger partial charge on any atom is -0.345 e. The molecule has 0 radical (unpaired) electrons. The van der Waals surface area contributed by atoms with Gasteiger partial charge < -0.3 is 20.5 Å². The van der Waals surface area contributed by atoms with E-state index in [-0.39, 0.29) is 46.7 Å². The van der Waals surface area contributed by atoms with E-state index in [0.717, 1.165) is 4.70 Å². The van der Waals surface area contributed by atoms with Gasteiger partial charge in [0.05, 0.1) is 22.6 Å². The Morgan fingerprint density at radius 3 is 2.83 bits per heavy atom. The predicted octanol–water partition coefficient (Wildman–Crippen LogP) is 3.48. The summed E-state index contributed by atoms with van der Waals surface area (Å²) in [7, 11) is 0. The summed E-state index contributed by atoms with van der Waals surface area (Å²) in [5, 5.41) is 16.6. The summed E-state index contributed by atoms with van der Waals surface area (Å²) in [6, 6.07) is 11.7. The molecule has 5 aromatic rings. The van der Waals surface area contributed by atoms with Gasteiger partial charge in [0.25, 0.3) is 11.8 Å². The molecule has 0 saturated carbocycles. The highest BCUT2D eigenvalue weighted by atomic mass is 35.5. The zero-order valence-corrected chi connectivity index (χ0v) is 22.0.